The zero-order valence-corrected chi connectivity index (χ0v) is 11.5. The van der Waals surface area contributed by atoms with E-state index < -0.39 is 0 Å². The first-order valence-corrected chi connectivity index (χ1v) is 7.12. The summed E-state index contributed by atoms with van der Waals surface area (Å²) >= 11 is 0. The summed E-state index contributed by atoms with van der Waals surface area (Å²) in [6, 6.07) is 12.3. The number of hydrogen-bond donors (Lipinski definition) is 1. The average molecular weight is 255 g/mol. The monoisotopic (exact) mass is 255 g/mol. The van der Waals surface area contributed by atoms with Gasteiger partial charge in [0.05, 0.1) is 11.4 Å². The quantitative estimate of drug-likeness (QED) is 0.859. The minimum atomic E-state index is 0.599. The van der Waals surface area contributed by atoms with Gasteiger partial charge in [-0.2, -0.15) is 5.10 Å². The summed E-state index contributed by atoms with van der Waals surface area (Å²) < 4.78 is 1.93. The Balaban J connectivity index is 1.57. The molecule has 0 atom stereocenters. The van der Waals surface area contributed by atoms with Gasteiger partial charge in [0.25, 0.3) is 0 Å². The fourth-order valence-electron chi connectivity index (χ4n) is 2.47. The highest BCUT2D eigenvalue weighted by atomic mass is 15.3. The van der Waals surface area contributed by atoms with E-state index in [9.17, 15) is 0 Å². The summed E-state index contributed by atoms with van der Waals surface area (Å²) in [5, 5.41) is 8.14. The molecule has 3 heteroatoms. The van der Waals surface area contributed by atoms with Crippen LogP contribution in [0.2, 0.25) is 0 Å². The Kier molecular flexibility index (Phi) is 3.38. The SMILES string of the molecule is CCC1(CNCc2ccn(-c3ccccc3)n2)CC1. The molecule has 0 radical (unpaired) electrons. The van der Waals surface area contributed by atoms with E-state index in [4.69, 9.17) is 0 Å². The molecular formula is C16H21N3. The molecule has 0 bridgehead atoms. The first-order chi connectivity index (χ1) is 9.31. The van der Waals surface area contributed by atoms with Crippen LogP contribution in [0.3, 0.4) is 0 Å². The molecule has 1 N–H and O–H groups in total. The summed E-state index contributed by atoms with van der Waals surface area (Å²) in [6.07, 6.45) is 6.08. The lowest BCUT2D eigenvalue weighted by Gasteiger charge is -2.12. The summed E-state index contributed by atoms with van der Waals surface area (Å²) in [4.78, 5) is 0. The van der Waals surface area contributed by atoms with Gasteiger partial charge in [0.15, 0.2) is 0 Å². The van der Waals surface area contributed by atoms with Gasteiger partial charge in [-0.1, -0.05) is 25.1 Å². The van der Waals surface area contributed by atoms with E-state index in [1.807, 2.05) is 29.1 Å². The second-order valence-electron chi connectivity index (χ2n) is 5.54. The van der Waals surface area contributed by atoms with Gasteiger partial charge in [0, 0.05) is 19.3 Å². The molecule has 1 saturated carbocycles. The Labute approximate surface area is 114 Å². The zero-order chi connectivity index (χ0) is 13.1. The maximum Gasteiger partial charge on any atom is 0.0766 e. The third-order valence-corrected chi connectivity index (χ3v) is 4.18. The van der Waals surface area contributed by atoms with E-state index in [1.54, 1.807) is 0 Å². The van der Waals surface area contributed by atoms with Crippen molar-refractivity contribution in [3.8, 4) is 5.69 Å². The molecule has 1 heterocycles. The van der Waals surface area contributed by atoms with Crippen LogP contribution < -0.4 is 5.32 Å². The minimum Gasteiger partial charge on any atom is -0.311 e. The van der Waals surface area contributed by atoms with Crippen molar-refractivity contribution in [2.75, 3.05) is 6.54 Å². The fourth-order valence-corrected chi connectivity index (χ4v) is 2.47. The number of benzene rings is 1. The molecule has 1 aromatic heterocycles. The van der Waals surface area contributed by atoms with Gasteiger partial charge >= 0.3 is 0 Å². The summed E-state index contributed by atoms with van der Waals surface area (Å²) in [7, 11) is 0. The van der Waals surface area contributed by atoms with E-state index in [0.717, 1.165) is 24.5 Å². The van der Waals surface area contributed by atoms with Gasteiger partial charge in [0.2, 0.25) is 0 Å². The Morgan fingerprint density at radius 2 is 2.00 bits per heavy atom. The molecule has 3 rings (SSSR count). The molecule has 100 valence electrons. The van der Waals surface area contributed by atoms with Crippen molar-refractivity contribution in [3.63, 3.8) is 0 Å². The molecule has 1 aromatic carbocycles. The zero-order valence-electron chi connectivity index (χ0n) is 11.5. The average Bonchev–Trinajstić information content (AvgIpc) is 3.09. The lowest BCUT2D eigenvalue weighted by atomic mass is 10.0. The Hall–Kier alpha value is -1.61. The number of para-hydroxylation sites is 1. The fraction of sp³-hybridized carbons (Fsp3) is 0.438. The van der Waals surface area contributed by atoms with Gasteiger partial charge in [0.1, 0.15) is 0 Å². The normalized spacial score (nSPS) is 16.5. The van der Waals surface area contributed by atoms with Crippen LogP contribution >= 0.6 is 0 Å². The Bertz CT molecular complexity index is 526. The number of nitrogens with zero attached hydrogens (tertiary/aromatic N) is 2. The van der Waals surface area contributed by atoms with Crippen molar-refractivity contribution in [2.24, 2.45) is 5.41 Å². The highest BCUT2D eigenvalue weighted by Crippen LogP contribution is 2.47. The van der Waals surface area contributed by atoms with E-state index in [-0.39, 0.29) is 0 Å². The van der Waals surface area contributed by atoms with Crippen LogP contribution in [0.4, 0.5) is 0 Å². The van der Waals surface area contributed by atoms with Crippen molar-refractivity contribution in [1.29, 1.82) is 0 Å². The van der Waals surface area contributed by atoms with Gasteiger partial charge in [-0.15, -0.1) is 0 Å². The van der Waals surface area contributed by atoms with Crippen LogP contribution in [-0.2, 0) is 6.54 Å². The summed E-state index contributed by atoms with van der Waals surface area (Å²) in [5.74, 6) is 0. The van der Waals surface area contributed by atoms with Gasteiger partial charge in [-0.05, 0) is 42.9 Å². The predicted molar refractivity (Wildman–Crippen MR) is 77.2 cm³/mol. The van der Waals surface area contributed by atoms with Crippen molar-refractivity contribution < 1.29 is 0 Å². The highest BCUT2D eigenvalue weighted by Gasteiger charge is 2.39. The van der Waals surface area contributed by atoms with E-state index in [2.05, 4.69) is 35.5 Å². The van der Waals surface area contributed by atoms with Crippen LogP contribution in [-0.4, -0.2) is 16.3 Å². The molecule has 0 saturated heterocycles. The molecule has 2 aromatic rings. The minimum absolute atomic E-state index is 0.599. The van der Waals surface area contributed by atoms with Crippen LogP contribution in [0.1, 0.15) is 31.9 Å². The van der Waals surface area contributed by atoms with Gasteiger partial charge in [-0.25, -0.2) is 4.68 Å². The van der Waals surface area contributed by atoms with Crippen LogP contribution in [0.25, 0.3) is 5.69 Å². The van der Waals surface area contributed by atoms with Crippen LogP contribution in [0.5, 0.6) is 0 Å². The molecule has 1 aliphatic rings. The first-order valence-electron chi connectivity index (χ1n) is 7.12. The van der Waals surface area contributed by atoms with Crippen LogP contribution in [0.15, 0.2) is 42.6 Å². The van der Waals surface area contributed by atoms with Crippen molar-refractivity contribution in [2.45, 2.75) is 32.7 Å². The molecule has 0 unspecified atom stereocenters. The topological polar surface area (TPSA) is 29.9 Å². The second kappa shape index (κ2) is 5.17. The number of rotatable bonds is 6. The molecular weight excluding hydrogens is 234 g/mol. The van der Waals surface area contributed by atoms with Crippen molar-refractivity contribution in [1.82, 2.24) is 15.1 Å². The number of hydrogen-bond acceptors (Lipinski definition) is 2. The van der Waals surface area contributed by atoms with E-state index in [0.29, 0.717) is 5.41 Å². The predicted octanol–water partition coefficient (Wildman–Crippen LogP) is 3.15. The van der Waals surface area contributed by atoms with Crippen molar-refractivity contribution >= 4 is 0 Å². The molecule has 1 fully saturated rings. The summed E-state index contributed by atoms with van der Waals surface area (Å²) in [5.41, 5.74) is 2.82. The molecule has 0 aliphatic heterocycles. The Morgan fingerprint density at radius 3 is 2.68 bits per heavy atom. The standard InChI is InChI=1S/C16H21N3/c1-2-16(9-10-16)13-17-12-14-8-11-19(18-14)15-6-4-3-5-7-15/h3-8,11,17H,2,9-10,12-13H2,1H3. The third-order valence-electron chi connectivity index (χ3n) is 4.18. The molecule has 0 spiro atoms. The summed E-state index contributed by atoms with van der Waals surface area (Å²) in [6.45, 7) is 4.28. The largest absolute Gasteiger partial charge is 0.311 e. The van der Waals surface area contributed by atoms with E-state index >= 15 is 0 Å². The van der Waals surface area contributed by atoms with E-state index in [1.165, 1.54) is 19.3 Å². The maximum absolute atomic E-state index is 4.60. The molecule has 19 heavy (non-hydrogen) atoms. The highest BCUT2D eigenvalue weighted by molar-refractivity contribution is 5.30. The number of aromatic nitrogens is 2. The molecule has 3 nitrogen and oxygen atoms in total. The third kappa shape index (κ3) is 2.87. The van der Waals surface area contributed by atoms with Gasteiger partial charge < -0.3 is 5.32 Å². The maximum atomic E-state index is 4.60. The first kappa shape index (κ1) is 12.4. The Morgan fingerprint density at radius 1 is 1.21 bits per heavy atom. The second-order valence-corrected chi connectivity index (χ2v) is 5.54. The lowest BCUT2D eigenvalue weighted by Crippen LogP contribution is -2.23. The van der Waals surface area contributed by atoms with Crippen molar-refractivity contribution in [3.05, 3.63) is 48.3 Å². The van der Waals surface area contributed by atoms with Gasteiger partial charge in [-0.3, -0.25) is 0 Å². The molecule has 1 aliphatic carbocycles. The smallest absolute Gasteiger partial charge is 0.0766 e. The molecule has 0 amide bonds. The number of nitrogens with one attached hydrogen (secondary N) is 1. The lowest BCUT2D eigenvalue weighted by molar-refractivity contribution is 0.441. The van der Waals surface area contributed by atoms with Crippen LogP contribution in [0, 0.1) is 5.41 Å².